The van der Waals surface area contributed by atoms with Crippen LogP contribution in [0, 0.1) is 5.82 Å². The third-order valence-electron chi connectivity index (χ3n) is 5.45. The number of ketones is 1. The van der Waals surface area contributed by atoms with Crippen LogP contribution in [0.2, 0.25) is 15.1 Å². The smallest absolute Gasteiger partial charge is 0.253 e. The van der Waals surface area contributed by atoms with E-state index in [1.807, 2.05) is 0 Å². The van der Waals surface area contributed by atoms with Gasteiger partial charge in [-0.3, -0.25) is 9.59 Å². The lowest BCUT2D eigenvalue weighted by atomic mass is 10.0. The molecule has 1 heterocycles. The number of amides is 1. The van der Waals surface area contributed by atoms with Crippen LogP contribution in [0.3, 0.4) is 0 Å². The largest absolute Gasteiger partial charge is 0.478 e. The molecule has 4 nitrogen and oxygen atoms in total. The molecule has 0 bridgehead atoms. The Kier molecular flexibility index (Phi) is 7.23. The number of carbonyl (C=O) groups excluding carboxylic acids is 2. The van der Waals surface area contributed by atoms with Gasteiger partial charge in [0.25, 0.3) is 5.91 Å². The van der Waals surface area contributed by atoms with E-state index in [0.29, 0.717) is 52.1 Å². The van der Waals surface area contributed by atoms with Crippen molar-refractivity contribution in [3.63, 3.8) is 0 Å². The van der Waals surface area contributed by atoms with Crippen LogP contribution in [0.4, 0.5) is 4.39 Å². The quantitative estimate of drug-likeness (QED) is 0.384. The normalized spacial score (nSPS) is 14.8. The first-order valence-electron chi connectivity index (χ1n) is 10.3. The Bertz CT molecular complexity index is 1190. The molecule has 1 fully saturated rings. The number of Topliss-reactive ketones (excluding diaryl/α,β-unsaturated/α-hetero) is 1. The molecule has 0 saturated carbocycles. The predicted molar refractivity (Wildman–Crippen MR) is 127 cm³/mol. The summed E-state index contributed by atoms with van der Waals surface area (Å²) >= 11 is 18.5. The van der Waals surface area contributed by atoms with Gasteiger partial charge in [0.1, 0.15) is 5.78 Å². The van der Waals surface area contributed by atoms with E-state index in [1.54, 1.807) is 47.4 Å². The number of piperidine rings is 1. The van der Waals surface area contributed by atoms with Crippen molar-refractivity contribution in [2.45, 2.75) is 18.9 Å². The second kappa shape index (κ2) is 10.1. The Morgan fingerprint density at radius 1 is 0.909 bits per heavy atom. The lowest BCUT2D eigenvalue weighted by Crippen LogP contribution is -2.38. The number of halogens is 4. The average Bonchev–Trinajstić information content (AvgIpc) is 2.79. The molecule has 0 N–H and O–H groups in total. The number of carbonyl (C=O) groups is 2. The molecule has 1 saturated heterocycles. The lowest BCUT2D eigenvalue weighted by Gasteiger charge is -2.26. The van der Waals surface area contributed by atoms with Crippen molar-refractivity contribution in [1.29, 1.82) is 0 Å². The van der Waals surface area contributed by atoms with E-state index in [4.69, 9.17) is 39.5 Å². The van der Waals surface area contributed by atoms with Gasteiger partial charge in [-0.25, -0.2) is 4.39 Å². The molecule has 0 aromatic heterocycles. The Morgan fingerprint density at radius 2 is 1.58 bits per heavy atom. The second-order valence-electron chi connectivity index (χ2n) is 7.69. The first kappa shape index (κ1) is 23.6. The fourth-order valence-corrected chi connectivity index (χ4v) is 4.29. The van der Waals surface area contributed by atoms with Crippen molar-refractivity contribution in [3.8, 4) is 5.75 Å². The van der Waals surface area contributed by atoms with Crippen molar-refractivity contribution >= 4 is 46.5 Å². The summed E-state index contributed by atoms with van der Waals surface area (Å²) in [4.78, 5) is 25.7. The van der Waals surface area contributed by atoms with Gasteiger partial charge in [0.05, 0.1) is 0 Å². The molecule has 1 aliphatic heterocycles. The average molecular weight is 507 g/mol. The van der Waals surface area contributed by atoms with Crippen molar-refractivity contribution in [2.24, 2.45) is 0 Å². The van der Waals surface area contributed by atoms with Gasteiger partial charge in [-0.15, -0.1) is 0 Å². The summed E-state index contributed by atoms with van der Waals surface area (Å²) in [6.07, 6.45) is -0.101. The lowest BCUT2D eigenvalue weighted by molar-refractivity contribution is -0.120. The zero-order chi connectivity index (χ0) is 23.5. The van der Waals surface area contributed by atoms with E-state index in [1.165, 1.54) is 12.1 Å². The van der Waals surface area contributed by atoms with E-state index in [-0.39, 0.29) is 23.0 Å². The number of ether oxygens (including phenoxy) is 1. The number of hydrogen-bond donors (Lipinski definition) is 0. The molecular weight excluding hydrogens is 488 g/mol. The molecule has 3 aromatic rings. The van der Waals surface area contributed by atoms with Gasteiger partial charge >= 0.3 is 0 Å². The van der Waals surface area contributed by atoms with Crippen LogP contribution in [0.15, 0.2) is 60.7 Å². The number of benzene rings is 3. The number of hydrogen-bond acceptors (Lipinski definition) is 3. The highest BCUT2D eigenvalue weighted by atomic mass is 35.5. The van der Waals surface area contributed by atoms with Crippen LogP contribution in [0.25, 0.3) is 0 Å². The maximum Gasteiger partial charge on any atom is 0.253 e. The van der Waals surface area contributed by atoms with Crippen LogP contribution in [0.1, 0.15) is 40.4 Å². The van der Waals surface area contributed by atoms with Crippen LogP contribution < -0.4 is 4.74 Å². The van der Waals surface area contributed by atoms with Gasteiger partial charge in [0.2, 0.25) is 0 Å². The van der Waals surface area contributed by atoms with Crippen molar-refractivity contribution < 1.29 is 18.7 Å². The maximum atomic E-state index is 15.0. The minimum Gasteiger partial charge on any atom is -0.478 e. The van der Waals surface area contributed by atoms with Crippen LogP contribution in [-0.2, 0) is 4.79 Å². The fraction of sp³-hybridized carbons (Fsp3) is 0.200. The first-order chi connectivity index (χ1) is 15.8. The number of nitrogens with zero attached hydrogens (tertiary/aromatic N) is 1. The van der Waals surface area contributed by atoms with Crippen molar-refractivity contribution in [1.82, 2.24) is 4.90 Å². The molecule has 0 aliphatic carbocycles. The SMILES string of the molecule is O=C1CCN(C(=O)c2ccc(OC(c3ccc(Cl)cc3)c3ccc(Cl)cc3Cl)c(F)c2)CC1. The van der Waals surface area contributed by atoms with Gasteiger partial charge in [-0.1, -0.05) is 53.0 Å². The Balaban J connectivity index is 1.62. The van der Waals surface area contributed by atoms with Crippen molar-refractivity contribution in [3.05, 3.63) is 98.2 Å². The van der Waals surface area contributed by atoms with Crippen LogP contribution in [-0.4, -0.2) is 29.7 Å². The molecule has 0 radical (unpaired) electrons. The van der Waals surface area contributed by atoms with Crippen LogP contribution in [0.5, 0.6) is 5.75 Å². The van der Waals surface area contributed by atoms with Gasteiger partial charge < -0.3 is 9.64 Å². The van der Waals surface area contributed by atoms with Crippen molar-refractivity contribution in [2.75, 3.05) is 13.1 Å². The first-order valence-corrected chi connectivity index (χ1v) is 11.4. The summed E-state index contributed by atoms with van der Waals surface area (Å²) < 4.78 is 21.1. The standard InChI is InChI=1S/C25H19Cl3FNO3/c26-17-4-1-15(2-5-17)24(20-7-6-18(27)14-21(20)28)33-23-8-3-16(13-22(23)29)25(32)30-11-9-19(31)10-12-30/h1-8,13-14,24H,9-12H2. The summed E-state index contributed by atoms with van der Waals surface area (Å²) in [7, 11) is 0. The van der Waals surface area contributed by atoms with Gasteiger partial charge in [0.15, 0.2) is 17.7 Å². The molecule has 4 rings (SSSR count). The molecule has 1 aliphatic rings. The third-order valence-corrected chi connectivity index (χ3v) is 6.26. The summed E-state index contributed by atoms with van der Waals surface area (Å²) in [5, 5.41) is 1.38. The van der Waals surface area contributed by atoms with E-state index in [0.717, 1.165) is 6.07 Å². The topological polar surface area (TPSA) is 46.6 Å². The molecule has 33 heavy (non-hydrogen) atoms. The molecular formula is C25H19Cl3FNO3. The van der Waals surface area contributed by atoms with Gasteiger partial charge in [0, 0.05) is 52.1 Å². The Hall–Kier alpha value is -2.60. The van der Waals surface area contributed by atoms with Crippen LogP contribution >= 0.6 is 34.8 Å². The highest BCUT2D eigenvalue weighted by Crippen LogP contribution is 2.35. The number of rotatable bonds is 5. The monoisotopic (exact) mass is 505 g/mol. The van der Waals surface area contributed by atoms with Gasteiger partial charge in [-0.2, -0.15) is 0 Å². The minimum atomic E-state index is -0.740. The molecule has 1 unspecified atom stereocenters. The van der Waals surface area contributed by atoms with E-state index >= 15 is 4.39 Å². The molecule has 8 heteroatoms. The molecule has 1 amide bonds. The third kappa shape index (κ3) is 5.49. The second-order valence-corrected chi connectivity index (χ2v) is 8.97. The molecule has 3 aromatic carbocycles. The fourth-order valence-electron chi connectivity index (χ4n) is 3.66. The van der Waals surface area contributed by atoms with E-state index in [9.17, 15) is 9.59 Å². The van der Waals surface area contributed by atoms with E-state index < -0.39 is 11.9 Å². The maximum absolute atomic E-state index is 15.0. The highest BCUT2D eigenvalue weighted by Gasteiger charge is 2.24. The summed E-state index contributed by atoms with van der Waals surface area (Å²) in [5.41, 5.74) is 1.50. The zero-order valence-corrected chi connectivity index (χ0v) is 19.6. The Morgan fingerprint density at radius 3 is 2.21 bits per heavy atom. The minimum absolute atomic E-state index is 0.0358. The summed E-state index contributed by atoms with van der Waals surface area (Å²) in [6, 6.07) is 16.0. The number of likely N-dealkylation sites (tertiary alicyclic amines) is 1. The molecule has 1 atom stereocenters. The van der Waals surface area contributed by atoms with E-state index in [2.05, 4.69) is 0 Å². The Labute approximate surface area is 205 Å². The molecule has 170 valence electrons. The summed E-state index contributed by atoms with van der Waals surface area (Å²) in [6.45, 7) is 0.677. The van der Waals surface area contributed by atoms with Gasteiger partial charge in [-0.05, 0) is 48.0 Å². The zero-order valence-electron chi connectivity index (χ0n) is 17.4. The predicted octanol–water partition coefficient (Wildman–Crippen LogP) is 6.76. The molecule has 0 spiro atoms. The summed E-state index contributed by atoms with van der Waals surface area (Å²) in [5.74, 6) is -0.907. The highest BCUT2D eigenvalue weighted by molar-refractivity contribution is 6.35.